The lowest BCUT2D eigenvalue weighted by Gasteiger charge is -2.24. The van der Waals surface area contributed by atoms with E-state index >= 15 is 0 Å². The van der Waals surface area contributed by atoms with Gasteiger partial charge in [0.05, 0.1) is 12.5 Å². The van der Waals surface area contributed by atoms with Crippen molar-refractivity contribution in [3.8, 4) is 0 Å². The van der Waals surface area contributed by atoms with Gasteiger partial charge in [-0.25, -0.2) is 4.79 Å². The molecule has 0 spiro atoms. The highest BCUT2D eigenvalue weighted by molar-refractivity contribution is 7.80. The quantitative estimate of drug-likeness (QED) is 0.0936. The van der Waals surface area contributed by atoms with E-state index in [1.54, 1.807) is 0 Å². The van der Waals surface area contributed by atoms with Crippen LogP contribution in [-0.4, -0.2) is 81.6 Å². The van der Waals surface area contributed by atoms with E-state index in [2.05, 4.69) is 23.3 Å². The van der Waals surface area contributed by atoms with Gasteiger partial charge in [-0.05, 0) is 12.8 Å². The molecule has 4 atom stereocenters. The second-order valence-electron chi connectivity index (χ2n) is 6.92. The number of amides is 5. The number of nitrogens with two attached hydrogens (primary N) is 3. The second kappa shape index (κ2) is 14.6. The highest BCUT2D eigenvalue weighted by Crippen LogP contribution is 2.05. The largest absolute Gasteiger partial charge is 0.481 e. The number of hydrogen-bond acceptors (Lipinski definition) is 9. The normalized spacial score (nSPS) is 14.1. The average molecular weight is 493 g/mol. The minimum absolute atomic E-state index is 0.0703. The number of thiol groups is 1. The minimum atomic E-state index is -1.71. The van der Waals surface area contributed by atoms with Gasteiger partial charge in [0.1, 0.15) is 18.1 Å². The highest BCUT2D eigenvalue weighted by atomic mass is 32.1. The third-order valence-corrected chi connectivity index (χ3v) is 4.54. The minimum Gasteiger partial charge on any atom is -0.481 e. The SMILES string of the molecule is NC(=O)CCC(NC(=O)C(CCC(=O)O)NC(=O)C(N)CS)C(=O)NC(CC(N)=O)C(=O)O. The van der Waals surface area contributed by atoms with Crippen LogP contribution in [0.3, 0.4) is 0 Å². The Morgan fingerprint density at radius 2 is 1.18 bits per heavy atom. The fourth-order valence-electron chi connectivity index (χ4n) is 2.40. The van der Waals surface area contributed by atoms with E-state index in [1.165, 1.54) is 0 Å². The standard InChI is InChI=1S/C17H28N6O9S/c18-7(6-33)14(28)21-9(2-4-13(26)27)15(29)22-8(1-3-11(19)24)16(30)23-10(17(31)32)5-12(20)25/h7-10,33H,1-6,18H2,(H2,19,24)(H2,20,25)(H,21,28)(H,22,29)(H,23,30)(H,26,27)(H,31,32). The molecule has 16 heteroatoms. The van der Waals surface area contributed by atoms with Crippen LogP contribution >= 0.6 is 12.6 Å². The summed E-state index contributed by atoms with van der Waals surface area (Å²) in [7, 11) is 0. The molecule has 11 N–H and O–H groups in total. The predicted molar refractivity (Wildman–Crippen MR) is 114 cm³/mol. The van der Waals surface area contributed by atoms with Crippen LogP contribution in [0.2, 0.25) is 0 Å². The zero-order chi connectivity index (χ0) is 25.7. The summed E-state index contributed by atoms with van der Waals surface area (Å²) in [4.78, 5) is 81.6. The van der Waals surface area contributed by atoms with Gasteiger partial charge in [0, 0.05) is 18.6 Å². The van der Waals surface area contributed by atoms with Crippen LogP contribution in [0.4, 0.5) is 0 Å². The molecule has 0 fully saturated rings. The Morgan fingerprint density at radius 1 is 0.727 bits per heavy atom. The van der Waals surface area contributed by atoms with Crippen LogP contribution in [0.25, 0.3) is 0 Å². The Bertz CT molecular complexity index is 778. The molecule has 0 rings (SSSR count). The summed E-state index contributed by atoms with van der Waals surface area (Å²) in [5, 5.41) is 24.5. The van der Waals surface area contributed by atoms with Gasteiger partial charge in [0.2, 0.25) is 29.5 Å². The Hall–Kier alpha value is -3.40. The predicted octanol–water partition coefficient (Wildman–Crippen LogP) is -4.21. The summed E-state index contributed by atoms with van der Waals surface area (Å²) >= 11 is 3.86. The molecule has 0 bridgehead atoms. The van der Waals surface area contributed by atoms with Crippen LogP contribution in [0.5, 0.6) is 0 Å². The molecule has 0 aromatic heterocycles. The lowest BCUT2D eigenvalue weighted by Crippen LogP contribution is -2.57. The lowest BCUT2D eigenvalue weighted by molar-refractivity contribution is -0.144. The molecule has 0 aromatic carbocycles. The third kappa shape index (κ3) is 12.3. The Morgan fingerprint density at radius 3 is 1.58 bits per heavy atom. The van der Waals surface area contributed by atoms with Crippen molar-refractivity contribution in [1.82, 2.24) is 16.0 Å². The number of carbonyl (C=O) groups excluding carboxylic acids is 5. The maximum atomic E-state index is 12.7. The zero-order valence-corrected chi connectivity index (χ0v) is 18.4. The summed E-state index contributed by atoms with van der Waals surface area (Å²) in [5.41, 5.74) is 15.5. The monoisotopic (exact) mass is 492 g/mol. The molecule has 0 aliphatic heterocycles. The fourth-order valence-corrected chi connectivity index (χ4v) is 2.57. The number of carboxylic acids is 2. The first-order valence-electron chi connectivity index (χ1n) is 9.57. The first-order chi connectivity index (χ1) is 15.3. The van der Waals surface area contributed by atoms with Gasteiger partial charge in [-0.2, -0.15) is 12.6 Å². The zero-order valence-electron chi connectivity index (χ0n) is 17.5. The van der Waals surface area contributed by atoms with E-state index in [4.69, 9.17) is 27.4 Å². The molecule has 186 valence electrons. The maximum Gasteiger partial charge on any atom is 0.326 e. The van der Waals surface area contributed by atoms with Crippen LogP contribution in [-0.2, 0) is 33.6 Å². The van der Waals surface area contributed by atoms with E-state index in [-0.39, 0.29) is 25.0 Å². The van der Waals surface area contributed by atoms with E-state index < -0.39 is 78.5 Å². The molecule has 0 saturated heterocycles. The van der Waals surface area contributed by atoms with Gasteiger partial charge in [0.25, 0.3) is 0 Å². The highest BCUT2D eigenvalue weighted by Gasteiger charge is 2.31. The lowest BCUT2D eigenvalue weighted by atomic mass is 10.1. The molecule has 0 aromatic rings. The van der Waals surface area contributed by atoms with Gasteiger partial charge in [-0.1, -0.05) is 0 Å². The number of hydrogen-bond donors (Lipinski definition) is 9. The molecule has 0 radical (unpaired) electrons. The van der Waals surface area contributed by atoms with Gasteiger partial charge in [0.15, 0.2) is 0 Å². The van der Waals surface area contributed by atoms with E-state index in [0.717, 1.165) is 0 Å². The van der Waals surface area contributed by atoms with Crippen molar-refractivity contribution in [3.63, 3.8) is 0 Å². The van der Waals surface area contributed by atoms with Gasteiger partial charge in [-0.15, -0.1) is 0 Å². The number of carbonyl (C=O) groups is 7. The summed E-state index contributed by atoms with van der Waals surface area (Å²) in [6.45, 7) is 0. The molecule has 15 nitrogen and oxygen atoms in total. The van der Waals surface area contributed by atoms with Crippen molar-refractivity contribution in [3.05, 3.63) is 0 Å². The van der Waals surface area contributed by atoms with Gasteiger partial charge < -0.3 is 43.4 Å². The molecular weight excluding hydrogens is 464 g/mol. The molecule has 4 unspecified atom stereocenters. The smallest absolute Gasteiger partial charge is 0.326 e. The Kier molecular flexibility index (Phi) is 13.1. The van der Waals surface area contributed by atoms with E-state index in [0.29, 0.717) is 0 Å². The summed E-state index contributed by atoms with van der Waals surface area (Å²) < 4.78 is 0. The van der Waals surface area contributed by atoms with Crippen LogP contribution in [0, 0.1) is 0 Å². The van der Waals surface area contributed by atoms with E-state index in [9.17, 15) is 33.6 Å². The van der Waals surface area contributed by atoms with Crippen molar-refractivity contribution in [2.24, 2.45) is 17.2 Å². The number of primary amides is 2. The summed E-state index contributed by atoms with van der Waals surface area (Å²) in [5.74, 6) is -7.63. The Labute approximate surface area is 193 Å². The van der Waals surface area contributed by atoms with Crippen molar-refractivity contribution >= 4 is 54.1 Å². The van der Waals surface area contributed by atoms with Crippen molar-refractivity contribution in [1.29, 1.82) is 0 Å². The van der Waals surface area contributed by atoms with Gasteiger partial charge in [-0.3, -0.25) is 28.8 Å². The molecule has 0 heterocycles. The summed E-state index contributed by atoms with van der Waals surface area (Å²) in [6, 6.07) is -5.75. The molecule has 0 saturated carbocycles. The number of aliphatic carboxylic acids is 2. The molecular formula is C17H28N6O9S. The van der Waals surface area contributed by atoms with Crippen molar-refractivity contribution < 1.29 is 43.8 Å². The van der Waals surface area contributed by atoms with Crippen LogP contribution in [0.1, 0.15) is 32.1 Å². The molecule has 0 aliphatic rings. The first-order valence-corrected chi connectivity index (χ1v) is 10.2. The second-order valence-corrected chi connectivity index (χ2v) is 7.28. The van der Waals surface area contributed by atoms with Crippen molar-refractivity contribution in [2.75, 3.05) is 5.75 Å². The van der Waals surface area contributed by atoms with Crippen LogP contribution in [0.15, 0.2) is 0 Å². The molecule has 0 aliphatic carbocycles. The van der Waals surface area contributed by atoms with E-state index in [1.807, 2.05) is 5.32 Å². The van der Waals surface area contributed by atoms with Crippen LogP contribution < -0.4 is 33.2 Å². The number of rotatable bonds is 16. The third-order valence-electron chi connectivity index (χ3n) is 4.15. The first kappa shape index (κ1) is 29.6. The topological polar surface area (TPSA) is 274 Å². The number of nitrogens with one attached hydrogen (secondary N) is 3. The molecule has 5 amide bonds. The molecule has 33 heavy (non-hydrogen) atoms. The number of carboxylic acid groups (broad SMARTS) is 2. The maximum absolute atomic E-state index is 12.7. The summed E-state index contributed by atoms with van der Waals surface area (Å²) in [6.07, 6.45) is -2.37. The Balaban J connectivity index is 5.60. The van der Waals surface area contributed by atoms with Crippen molar-refractivity contribution in [2.45, 2.75) is 56.3 Å². The fraction of sp³-hybridized carbons (Fsp3) is 0.588. The average Bonchev–Trinajstić information content (AvgIpc) is 2.71. The van der Waals surface area contributed by atoms with Gasteiger partial charge >= 0.3 is 11.9 Å².